The van der Waals surface area contributed by atoms with E-state index in [1.165, 1.54) is 12.1 Å². The van der Waals surface area contributed by atoms with Crippen LogP contribution < -0.4 is 5.32 Å². The van der Waals surface area contributed by atoms with Crippen LogP contribution in [-0.2, 0) is 22.7 Å². The standard InChI is InChI=1S/C23H20FNO3S/c1-13-2-6-17(7-3-13)29(27,28)20-11-15-8-9-25-19-10-14-4-5-16(24)12-18(14)22(21(15)19)23(20)26/h2-7,11-12,19,25-26H,8-10H2,1H3. The number of aryl methyl sites for hydroxylation is 1. The molecule has 1 aliphatic heterocycles. The van der Waals surface area contributed by atoms with E-state index >= 15 is 0 Å². The summed E-state index contributed by atoms with van der Waals surface area (Å²) >= 11 is 0. The van der Waals surface area contributed by atoms with Gasteiger partial charge in [-0.2, -0.15) is 0 Å². The van der Waals surface area contributed by atoms with E-state index in [-0.39, 0.29) is 21.6 Å². The van der Waals surface area contributed by atoms with Crippen LogP contribution in [0.5, 0.6) is 5.75 Å². The van der Waals surface area contributed by atoms with Gasteiger partial charge < -0.3 is 10.4 Å². The van der Waals surface area contributed by atoms with Crippen molar-refractivity contribution in [3.05, 3.63) is 76.6 Å². The Hall–Kier alpha value is -2.70. The monoisotopic (exact) mass is 409 g/mol. The van der Waals surface area contributed by atoms with Gasteiger partial charge in [0, 0.05) is 11.6 Å². The fraction of sp³-hybridized carbons (Fsp3) is 0.217. The highest BCUT2D eigenvalue weighted by molar-refractivity contribution is 7.91. The summed E-state index contributed by atoms with van der Waals surface area (Å²) in [4.78, 5) is 0.0131. The number of aromatic hydroxyl groups is 1. The topological polar surface area (TPSA) is 66.4 Å². The number of sulfone groups is 1. The first-order valence-electron chi connectivity index (χ1n) is 9.59. The molecule has 1 heterocycles. The van der Waals surface area contributed by atoms with Gasteiger partial charge >= 0.3 is 0 Å². The molecule has 1 atom stereocenters. The van der Waals surface area contributed by atoms with Gasteiger partial charge in [-0.1, -0.05) is 23.8 Å². The number of phenols is 1. The second kappa shape index (κ2) is 6.40. The van der Waals surface area contributed by atoms with Crippen LogP contribution in [0.4, 0.5) is 4.39 Å². The smallest absolute Gasteiger partial charge is 0.210 e. The number of hydrogen-bond donors (Lipinski definition) is 2. The van der Waals surface area contributed by atoms with E-state index in [9.17, 15) is 17.9 Å². The average Bonchev–Trinajstić information content (AvgIpc) is 2.70. The molecule has 0 saturated heterocycles. The molecule has 148 valence electrons. The molecular weight excluding hydrogens is 389 g/mol. The average molecular weight is 409 g/mol. The van der Waals surface area contributed by atoms with E-state index in [4.69, 9.17) is 0 Å². The highest BCUT2D eigenvalue weighted by atomic mass is 32.2. The predicted octanol–water partition coefficient (Wildman–Crippen LogP) is 4.08. The third-order valence-corrected chi connectivity index (χ3v) is 7.69. The Morgan fingerprint density at radius 2 is 1.83 bits per heavy atom. The largest absolute Gasteiger partial charge is 0.506 e. The second-order valence-electron chi connectivity index (χ2n) is 7.75. The van der Waals surface area contributed by atoms with Gasteiger partial charge in [-0.25, -0.2) is 12.8 Å². The van der Waals surface area contributed by atoms with E-state index < -0.39 is 15.7 Å². The molecule has 6 heteroatoms. The molecule has 4 nitrogen and oxygen atoms in total. The van der Waals surface area contributed by atoms with Gasteiger partial charge in [-0.15, -0.1) is 0 Å². The normalized spacial score (nSPS) is 17.5. The molecule has 29 heavy (non-hydrogen) atoms. The number of fused-ring (bicyclic) bond motifs is 2. The van der Waals surface area contributed by atoms with Crippen LogP contribution in [0.2, 0.25) is 0 Å². The van der Waals surface area contributed by atoms with Gasteiger partial charge in [0.25, 0.3) is 0 Å². The summed E-state index contributed by atoms with van der Waals surface area (Å²) in [5.74, 6) is -0.713. The fourth-order valence-corrected chi connectivity index (χ4v) is 5.88. The molecule has 3 aromatic carbocycles. The van der Waals surface area contributed by atoms with Crippen molar-refractivity contribution < 1.29 is 17.9 Å². The van der Waals surface area contributed by atoms with Crippen LogP contribution in [0.3, 0.4) is 0 Å². The number of phenolic OH excluding ortho intramolecular Hbond substituents is 1. The highest BCUT2D eigenvalue weighted by Gasteiger charge is 2.35. The summed E-state index contributed by atoms with van der Waals surface area (Å²) in [5, 5.41) is 14.6. The van der Waals surface area contributed by atoms with Crippen LogP contribution in [0.1, 0.15) is 28.3 Å². The van der Waals surface area contributed by atoms with Crippen LogP contribution in [0.25, 0.3) is 11.1 Å². The molecule has 0 aromatic heterocycles. The summed E-state index contributed by atoms with van der Waals surface area (Å²) in [6.07, 6.45) is 1.33. The summed E-state index contributed by atoms with van der Waals surface area (Å²) in [7, 11) is -3.92. The van der Waals surface area contributed by atoms with E-state index in [2.05, 4.69) is 5.32 Å². The Balaban J connectivity index is 1.81. The lowest BCUT2D eigenvalue weighted by Crippen LogP contribution is -2.34. The Labute approximate surface area is 168 Å². The number of hydrogen-bond acceptors (Lipinski definition) is 4. The number of rotatable bonds is 2. The Morgan fingerprint density at radius 3 is 2.59 bits per heavy atom. The van der Waals surface area contributed by atoms with Crippen molar-refractivity contribution in [1.82, 2.24) is 5.32 Å². The summed E-state index contributed by atoms with van der Waals surface area (Å²) < 4.78 is 40.7. The predicted molar refractivity (Wildman–Crippen MR) is 108 cm³/mol. The van der Waals surface area contributed by atoms with Crippen molar-refractivity contribution in [3.8, 4) is 16.9 Å². The van der Waals surface area contributed by atoms with Gasteiger partial charge in [0.1, 0.15) is 16.5 Å². The third-order valence-electron chi connectivity index (χ3n) is 5.91. The molecule has 0 spiro atoms. The molecule has 1 aliphatic carbocycles. The van der Waals surface area contributed by atoms with Crippen LogP contribution >= 0.6 is 0 Å². The van der Waals surface area contributed by atoms with E-state index in [0.29, 0.717) is 24.0 Å². The lowest BCUT2D eigenvalue weighted by Gasteiger charge is -2.35. The van der Waals surface area contributed by atoms with Crippen molar-refractivity contribution in [2.45, 2.75) is 35.6 Å². The summed E-state index contributed by atoms with van der Waals surface area (Å²) in [5.41, 5.74) is 4.62. The maximum Gasteiger partial charge on any atom is 0.210 e. The Kier molecular flexibility index (Phi) is 4.05. The summed E-state index contributed by atoms with van der Waals surface area (Å²) in [6.45, 7) is 2.61. The number of nitrogens with one attached hydrogen (secondary N) is 1. The van der Waals surface area contributed by atoms with Crippen LogP contribution in [0, 0.1) is 12.7 Å². The van der Waals surface area contributed by atoms with Crippen molar-refractivity contribution in [3.63, 3.8) is 0 Å². The van der Waals surface area contributed by atoms with Gasteiger partial charge in [0.05, 0.1) is 4.90 Å². The van der Waals surface area contributed by atoms with Gasteiger partial charge in [-0.05, 0) is 78.9 Å². The maximum atomic E-state index is 14.0. The second-order valence-corrected chi connectivity index (χ2v) is 9.67. The minimum Gasteiger partial charge on any atom is -0.506 e. The summed E-state index contributed by atoms with van der Waals surface area (Å²) in [6, 6.07) is 12.6. The number of benzene rings is 3. The fourth-order valence-electron chi connectivity index (χ4n) is 4.48. The van der Waals surface area contributed by atoms with Crippen molar-refractivity contribution in [2.24, 2.45) is 0 Å². The zero-order valence-corrected chi connectivity index (χ0v) is 16.7. The first kappa shape index (κ1) is 18.3. The minimum atomic E-state index is -3.92. The molecule has 0 saturated carbocycles. The Morgan fingerprint density at radius 1 is 1.07 bits per heavy atom. The van der Waals surface area contributed by atoms with Crippen molar-refractivity contribution >= 4 is 9.84 Å². The van der Waals surface area contributed by atoms with Crippen molar-refractivity contribution in [2.75, 3.05) is 6.54 Å². The van der Waals surface area contributed by atoms with Gasteiger partial charge in [0.15, 0.2) is 0 Å². The Bertz CT molecular complexity index is 1250. The van der Waals surface area contributed by atoms with Crippen LogP contribution in [0.15, 0.2) is 58.3 Å². The van der Waals surface area contributed by atoms with Crippen LogP contribution in [-0.4, -0.2) is 20.1 Å². The molecule has 0 amide bonds. The molecule has 1 unspecified atom stereocenters. The lowest BCUT2D eigenvalue weighted by atomic mass is 9.77. The molecule has 3 aromatic rings. The lowest BCUT2D eigenvalue weighted by molar-refractivity contribution is 0.448. The minimum absolute atomic E-state index is 0.0197. The third kappa shape index (κ3) is 2.78. The molecule has 0 bridgehead atoms. The molecule has 2 N–H and O–H groups in total. The van der Waals surface area contributed by atoms with Gasteiger partial charge in [-0.3, -0.25) is 0 Å². The van der Waals surface area contributed by atoms with E-state index in [1.54, 1.807) is 36.4 Å². The van der Waals surface area contributed by atoms with Crippen molar-refractivity contribution in [1.29, 1.82) is 0 Å². The highest BCUT2D eigenvalue weighted by Crippen LogP contribution is 2.49. The molecule has 0 radical (unpaired) electrons. The zero-order chi connectivity index (χ0) is 20.3. The van der Waals surface area contributed by atoms with E-state index in [0.717, 1.165) is 28.8 Å². The molecule has 5 rings (SSSR count). The quantitative estimate of drug-likeness (QED) is 0.669. The molecule has 0 fully saturated rings. The first-order chi connectivity index (χ1) is 13.9. The van der Waals surface area contributed by atoms with E-state index in [1.807, 2.05) is 6.92 Å². The maximum absolute atomic E-state index is 14.0. The number of halogens is 1. The molecule has 2 aliphatic rings. The van der Waals surface area contributed by atoms with Gasteiger partial charge in [0.2, 0.25) is 9.84 Å². The molecular formula is C23H20FNO3S. The SMILES string of the molecule is Cc1ccc(S(=O)(=O)c2cc3c4c(c2O)-c2cc(F)ccc2CC4NCC3)cc1. The zero-order valence-electron chi connectivity index (χ0n) is 15.9. The first-order valence-corrected chi connectivity index (χ1v) is 11.1.